The van der Waals surface area contributed by atoms with Crippen LogP contribution in [0.5, 0.6) is 0 Å². The molecule has 1 atom stereocenters. The fourth-order valence-corrected chi connectivity index (χ4v) is 2.29. The van der Waals surface area contributed by atoms with Crippen LogP contribution in [0.4, 0.5) is 0 Å². The number of rotatable bonds is 4. The van der Waals surface area contributed by atoms with Crippen molar-refractivity contribution in [2.45, 2.75) is 41.5 Å². The first-order valence-electron chi connectivity index (χ1n) is 8.33. The second-order valence-corrected chi connectivity index (χ2v) is 4.35. The molecule has 0 aromatic carbocycles. The SMILES string of the molecule is C=C/C=C\C1=C(C)[B]C(=C/C=C)/C(=C\C)C1C(=O)[N-]O.CC.CC.[Re]. The number of hydroxylamine groups is 1. The van der Waals surface area contributed by atoms with Gasteiger partial charge in [-0.05, 0) is 18.1 Å². The van der Waals surface area contributed by atoms with E-state index in [1.165, 1.54) is 0 Å². The molecular formula is C20H30BNO2Re-. The summed E-state index contributed by atoms with van der Waals surface area (Å²) >= 11 is 0. The summed E-state index contributed by atoms with van der Waals surface area (Å²) in [5.41, 5.74) is 6.32. The zero-order valence-electron chi connectivity index (χ0n) is 16.2. The summed E-state index contributed by atoms with van der Waals surface area (Å²) < 4.78 is 0. The molecule has 1 heterocycles. The Hall–Kier alpha value is -1.40. The fourth-order valence-electron chi connectivity index (χ4n) is 2.29. The second-order valence-electron chi connectivity index (χ2n) is 4.35. The van der Waals surface area contributed by atoms with Gasteiger partial charge in [-0.25, -0.2) is 0 Å². The average Bonchev–Trinajstić information content (AvgIpc) is 2.63. The van der Waals surface area contributed by atoms with Crippen LogP contribution in [0.3, 0.4) is 0 Å². The van der Waals surface area contributed by atoms with Crippen molar-refractivity contribution in [2.75, 3.05) is 0 Å². The largest absolute Gasteiger partial charge is 0.533 e. The molecule has 0 saturated carbocycles. The van der Waals surface area contributed by atoms with Crippen molar-refractivity contribution in [3.05, 3.63) is 77.2 Å². The maximum absolute atomic E-state index is 12.0. The van der Waals surface area contributed by atoms with Crippen LogP contribution in [0.1, 0.15) is 41.5 Å². The molecule has 0 fully saturated rings. The van der Waals surface area contributed by atoms with E-state index in [9.17, 15) is 4.79 Å². The summed E-state index contributed by atoms with van der Waals surface area (Å²) in [6.07, 6.45) is 10.6. The zero-order valence-corrected chi connectivity index (χ0v) is 18.9. The molecule has 0 saturated heterocycles. The van der Waals surface area contributed by atoms with Gasteiger partial charge in [-0.15, -0.1) is 5.47 Å². The number of nitrogens with zero attached hydrogens (tertiary/aromatic N) is 1. The van der Waals surface area contributed by atoms with Crippen molar-refractivity contribution in [3.8, 4) is 0 Å². The third-order valence-corrected chi connectivity index (χ3v) is 3.15. The number of allylic oxidation sites excluding steroid dienone is 8. The van der Waals surface area contributed by atoms with Crippen LogP contribution in [0.2, 0.25) is 0 Å². The van der Waals surface area contributed by atoms with Gasteiger partial charge in [0.1, 0.15) is 0 Å². The monoisotopic (exact) mass is 514 g/mol. The van der Waals surface area contributed by atoms with E-state index in [1.807, 2.05) is 67.0 Å². The van der Waals surface area contributed by atoms with Crippen LogP contribution in [-0.2, 0) is 25.2 Å². The van der Waals surface area contributed by atoms with Crippen LogP contribution in [0, 0.1) is 5.92 Å². The molecule has 1 amide bonds. The Bertz CT molecular complexity index is 546. The second kappa shape index (κ2) is 17.4. The van der Waals surface area contributed by atoms with E-state index in [-0.39, 0.29) is 20.4 Å². The molecule has 1 aliphatic heterocycles. The van der Waals surface area contributed by atoms with Gasteiger partial charge in [-0.1, -0.05) is 89.7 Å². The first kappa shape index (κ1) is 28.4. The van der Waals surface area contributed by atoms with Gasteiger partial charge in [0.05, 0.1) is 11.8 Å². The molecule has 1 aliphatic rings. The topological polar surface area (TPSA) is 51.4 Å². The maximum Gasteiger partial charge on any atom is 0.186 e. The normalized spacial score (nSPS) is 18.9. The molecule has 1 unspecified atom stereocenters. The smallest absolute Gasteiger partial charge is 0.186 e. The van der Waals surface area contributed by atoms with Crippen molar-refractivity contribution in [1.29, 1.82) is 0 Å². The molecule has 1 N–H and O–H groups in total. The minimum absolute atomic E-state index is 0. The third-order valence-electron chi connectivity index (χ3n) is 3.15. The summed E-state index contributed by atoms with van der Waals surface area (Å²) in [7, 11) is 1.99. The minimum atomic E-state index is -0.600. The first-order valence-corrected chi connectivity index (χ1v) is 8.33. The van der Waals surface area contributed by atoms with E-state index in [0.717, 1.165) is 22.1 Å². The van der Waals surface area contributed by atoms with Crippen LogP contribution in [0.25, 0.3) is 5.48 Å². The molecule has 0 bridgehead atoms. The summed E-state index contributed by atoms with van der Waals surface area (Å²) in [5.74, 6) is -1.18. The standard InChI is InChI=1S/C16H19BNO2.2C2H6.Re/c1-5-8-10-13-11(4)17-14(9-6-2)12(7-3)15(13)16(19)18-20;2*1-2;/h5-10,15H,1-2H2,3-4H3,(H2,18,19,20);2*1-2H3;/p-1/b10-8-,12-7+,14-9+;;;. The van der Waals surface area contributed by atoms with E-state index < -0.39 is 11.8 Å². The quantitative estimate of drug-likeness (QED) is 0.227. The molecule has 3 nitrogen and oxygen atoms in total. The Balaban J connectivity index is -0.000000899. The molecule has 2 radical (unpaired) electrons. The molecule has 0 aromatic rings. The van der Waals surface area contributed by atoms with E-state index in [0.29, 0.717) is 0 Å². The van der Waals surface area contributed by atoms with Crippen molar-refractivity contribution in [2.24, 2.45) is 5.92 Å². The molecule has 0 aromatic heterocycles. The molecule has 138 valence electrons. The van der Waals surface area contributed by atoms with Crippen LogP contribution in [-0.4, -0.2) is 18.4 Å². The van der Waals surface area contributed by atoms with Gasteiger partial charge in [0, 0.05) is 20.4 Å². The van der Waals surface area contributed by atoms with Crippen LogP contribution in [0.15, 0.2) is 71.7 Å². The van der Waals surface area contributed by atoms with E-state index in [2.05, 4.69) is 18.6 Å². The van der Waals surface area contributed by atoms with E-state index in [4.69, 9.17) is 5.21 Å². The van der Waals surface area contributed by atoms with Gasteiger partial charge < -0.3 is 15.5 Å². The van der Waals surface area contributed by atoms with Gasteiger partial charge in [0.2, 0.25) is 0 Å². The molecule has 1 rings (SSSR count). The Morgan fingerprint density at radius 3 is 2.16 bits per heavy atom. The number of hydrogen-bond acceptors (Lipinski definition) is 2. The first-order chi connectivity index (χ1) is 11.6. The molecular weight excluding hydrogens is 483 g/mol. The molecule has 5 heteroatoms. The maximum atomic E-state index is 12.0. The number of hydrogen-bond donors (Lipinski definition) is 1. The zero-order chi connectivity index (χ0) is 19.1. The van der Waals surface area contributed by atoms with Gasteiger partial charge in [0.15, 0.2) is 7.28 Å². The minimum Gasteiger partial charge on any atom is -0.533 e. The molecule has 0 spiro atoms. The van der Waals surface area contributed by atoms with Crippen molar-refractivity contribution < 1.29 is 30.4 Å². The fraction of sp³-hybridized carbons (Fsp3) is 0.350. The summed E-state index contributed by atoms with van der Waals surface area (Å²) in [5, 5.41) is 8.88. The van der Waals surface area contributed by atoms with Crippen molar-refractivity contribution in [3.63, 3.8) is 0 Å². The predicted molar refractivity (Wildman–Crippen MR) is 106 cm³/mol. The summed E-state index contributed by atoms with van der Waals surface area (Å²) in [6.45, 7) is 19.1. The van der Waals surface area contributed by atoms with Gasteiger partial charge >= 0.3 is 0 Å². The Morgan fingerprint density at radius 1 is 1.20 bits per heavy atom. The van der Waals surface area contributed by atoms with E-state index in [1.54, 1.807) is 18.2 Å². The van der Waals surface area contributed by atoms with Crippen molar-refractivity contribution in [1.82, 2.24) is 0 Å². The Kier molecular flexibility index (Phi) is 19.8. The van der Waals surface area contributed by atoms with E-state index >= 15 is 0 Å². The van der Waals surface area contributed by atoms with Crippen LogP contribution < -0.4 is 0 Å². The number of amides is 1. The average molecular weight is 513 g/mol. The predicted octanol–water partition coefficient (Wildman–Crippen LogP) is 5.69. The van der Waals surface area contributed by atoms with Crippen LogP contribution >= 0.6 is 0 Å². The molecule has 0 aliphatic carbocycles. The van der Waals surface area contributed by atoms with Gasteiger partial charge in [-0.2, -0.15) is 0 Å². The molecule has 25 heavy (non-hydrogen) atoms. The van der Waals surface area contributed by atoms with Gasteiger partial charge in [0.25, 0.3) is 0 Å². The third kappa shape index (κ3) is 8.49. The Labute approximate surface area is 168 Å². The summed E-state index contributed by atoms with van der Waals surface area (Å²) in [4.78, 5) is 12.0. The summed E-state index contributed by atoms with van der Waals surface area (Å²) in [6, 6.07) is 0. The van der Waals surface area contributed by atoms with Gasteiger partial charge in [-0.3, -0.25) is 0 Å². The number of carbonyl (C=O) groups is 1. The van der Waals surface area contributed by atoms with Crippen molar-refractivity contribution >= 4 is 13.2 Å². The number of carbonyl (C=O) groups excluding carboxylic acids is 1. The Morgan fingerprint density at radius 2 is 1.76 bits per heavy atom.